The minimum atomic E-state index is -0.324. The first kappa shape index (κ1) is 18.5. The molecule has 7 heteroatoms. The third-order valence-electron chi connectivity index (χ3n) is 2.92. The number of aldehydes is 1. The van der Waals surface area contributed by atoms with Crippen molar-refractivity contribution in [2.24, 2.45) is 0 Å². The molecule has 1 N–H and O–H groups in total. The number of carbonyl (C=O) groups excluding carboxylic acids is 2. The molecule has 0 fully saturated rings. The molecule has 0 radical (unpaired) electrons. The van der Waals surface area contributed by atoms with E-state index < -0.39 is 0 Å². The average Bonchev–Trinajstić information content (AvgIpc) is 2.54. The lowest BCUT2D eigenvalue weighted by Gasteiger charge is -2.14. The van der Waals surface area contributed by atoms with Crippen LogP contribution in [0.25, 0.3) is 0 Å². The Morgan fingerprint density at radius 3 is 2.75 bits per heavy atom. The third-order valence-corrected chi connectivity index (χ3v) is 3.96. The summed E-state index contributed by atoms with van der Waals surface area (Å²) in [7, 11) is 0. The fourth-order valence-electron chi connectivity index (χ4n) is 1.96. The number of anilines is 1. The van der Waals surface area contributed by atoms with Crippen molar-refractivity contribution in [3.8, 4) is 11.5 Å². The smallest absolute Gasteiger partial charge is 0.262 e. The molecule has 0 aliphatic carbocycles. The van der Waals surface area contributed by atoms with Crippen LogP contribution < -0.4 is 14.8 Å². The molecular weight excluding hydrogens is 445 g/mol. The Hall–Kier alpha value is -1.80. The van der Waals surface area contributed by atoms with E-state index in [1.807, 2.05) is 29.5 Å². The molecule has 24 heavy (non-hydrogen) atoms. The van der Waals surface area contributed by atoms with E-state index in [0.29, 0.717) is 37.9 Å². The van der Waals surface area contributed by atoms with Crippen LogP contribution in [0.4, 0.5) is 5.69 Å². The second kappa shape index (κ2) is 8.89. The predicted molar refractivity (Wildman–Crippen MR) is 101 cm³/mol. The maximum atomic E-state index is 12.0. The average molecular weight is 460 g/mol. The van der Waals surface area contributed by atoms with Gasteiger partial charge in [0.2, 0.25) is 0 Å². The van der Waals surface area contributed by atoms with Crippen molar-refractivity contribution in [2.45, 2.75) is 6.92 Å². The summed E-state index contributed by atoms with van der Waals surface area (Å²) in [4.78, 5) is 23.0. The van der Waals surface area contributed by atoms with Crippen molar-refractivity contribution in [3.05, 3.63) is 50.6 Å². The molecule has 1 amide bonds. The number of ether oxygens (including phenoxy) is 2. The standard InChI is InChI=1S/C17H15ClINO4/c1-2-23-15-7-11(9-21)6-14(19)17(15)24-10-16(22)20-13-5-3-4-12(18)8-13/h3-9H,2,10H2,1H3,(H,20,22). The maximum Gasteiger partial charge on any atom is 0.262 e. The van der Waals surface area contributed by atoms with Gasteiger partial charge in [-0.15, -0.1) is 0 Å². The fourth-order valence-corrected chi connectivity index (χ4v) is 2.93. The van der Waals surface area contributed by atoms with Gasteiger partial charge in [-0.25, -0.2) is 0 Å². The van der Waals surface area contributed by atoms with Crippen LogP contribution in [-0.2, 0) is 4.79 Å². The zero-order chi connectivity index (χ0) is 17.5. The van der Waals surface area contributed by atoms with Crippen LogP contribution >= 0.6 is 34.2 Å². The number of benzene rings is 2. The molecular formula is C17H15ClINO4. The van der Waals surface area contributed by atoms with Crippen LogP contribution in [0.3, 0.4) is 0 Å². The van der Waals surface area contributed by atoms with E-state index in [2.05, 4.69) is 5.32 Å². The number of hydrogen-bond acceptors (Lipinski definition) is 4. The first-order chi connectivity index (χ1) is 11.5. The van der Waals surface area contributed by atoms with Crippen LogP contribution in [0.5, 0.6) is 11.5 Å². The van der Waals surface area contributed by atoms with Crippen molar-refractivity contribution in [3.63, 3.8) is 0 Å². The van der Waals surface area contributed by atoms with Crippen LogP contribution in [0.1, 0.15) is 17.3 Å². The molecule has 0 bridgehead atoms. The van der Waals surface area contributed by atoms with E-state index in [9.17, 15) is 9.59 Å². The first-order valence-corrected chi connectivity index (χ1v) is 8.59. The second-order valence-electron chi connectivity index (χ2n) is 4.73. The Labute approximate surface area is 158 Å². The molecule has 0 spiro atoms. The number of nitrogens with one attached hydrogen (secondary N) is 1. The van der Waals surface area contributed by atoms with E-state index in [1.54, 1.807) is 36.4 Å². The maximum absolute atomic E-state index is 12.0. The Morgan fingerprint density at radius 1 is 1.29 bits per heavy atom. The van der Waals surface area contributed by atoms with E-state index in [0.717, 1.165) is 6.29 Å². The van der Waals surface area contributed by atoms with E-state index in [1.165, 1.54) is 0 Å². The summed E-state index contributed by atoms with van der Waals surface area (Å²) in [6, 6.07) is 10.1. The van der Waals surface area contributed by atoms with Crippen molar-refractivity contribution in [1.29, 1.82) is 0 Å². The zero-order valence-electron chi connectivity index (χ0n) is 12.8. The summed E-state index contributed by atoms with van der Waals surface area (Å²) >= 11 is 7.91. The molecule has 0 aromatic heterocycles. The van der Waals surface area contributed by atoms with Gasteiger partial charge in [0, 0.05) is 16.3 Å². The lowest BCUT2D eigenvalue weighted by atomic mass is 10.2. The van der Waals surface area contributed by atoms with Gasteiger partial charge in [-0.3, -0.25) is 9.59 Å². The fraction of sp³-hybridized carbons (Fsp3) is 0.176. The van der Waals surface area contributed by atoms with E-state index in [4.69, 9.17) is 21.1 Å². The van der Waals surface area contributed by atoms with Crippen molar-refractivity contribution < 1.29 is 19.1 Å². The first-order valence-electron chi connectivity index (χ1n) is 7.13. The molecule has 0 heterocycles. The number of carbonyl (C=O) groups is 2. The van der Waals surface area contributed by atoms with E-state index in [-0.39, 0.29) is 12.5 Å². The molecule has 0 aliphatic heterocycles. The van der Waals surface area contributed by atoms with Gasteiger partial charge in [-0.2, -0.15) is 0 Å². The van der Waals surface area contributed by atoms with Crippen molar-refractivity contribution in [2.75, 3.05) is 18.5 Å². The molecule has 5 nitrogen and oxygen atoms in total. The van der Waals surface area contributed by atoms with Crippen LogP contribution in [-0.4, -0.2) is 25.4 Å². The van der Waals surface area contributed by atoms with Gasteiger partial charge in [0.1, 0.15) is 6.29 Å². The molecule has 2 aromatic rings. The second-order valence-corrected chi connectivity index (χ2v) is 6.33. The minimum absolute atomic E-state index is 0.191. The summed E-state index contributed by atoms with van der Waals surface area (Å²) in [5.41, 5.74) is 1.07. The van der Waals surface area contributed by atoms with Crippen LogP contribution in [0.15, 0.2) is 36.4 Å². The van der Waals surface area contributed by atoms with Crippen LogP contribution in [0, 0.1) is 3.57 Å². The Balaban J connectivity index is 2.07. The van der Waals surface area contributed by atoms with Gasteiger partial charge >= 0.3 is 0 Å². The Kier molecular flexibility index (Phi) is 6.86. The molecule has 126 valence electrons. The van der Waals surface area contributed by atoms with Crippen molar-refractivity contribution in [1.82, 2.24) is 0 Å². The molecule has 2 rings (SSSR count). The third kappa shape index (κ3) is 5.10. The van der Waals surface area contributed by atoms with Gasteiger partial charge < -0.3 is 14.8 Å². The van der Waals surface area contributed by atoms with Gasteiger partial charge in [-0.1, -0.05) is 17.7 Å². The normalized spacial score (nSPS) is 10.1. The number of hydrogen-bond donors (Lipinski definition) is 1. The highest BCUT2D eigenvalue weighted by atomic mass is 127. The lowest BCUT2D eigenvalue weighted by molar-refractivity contribution is -0.118. The largest absolute Gasteiger partial charge is 0.490 e. The highest BCUT2D eigenvalue weighted by Crippen LogP contribution is 2.33. The van der Waals surface area contributed by atoms with Crippen molar-refractivity contribution >= 4 is 52.1 Å². The SMILES string of the molecule is CCOc1cc(C=O)cc(I)c1OCC(=O)Nc1cccc(Cl)c1. The molecule has 0 atom stereocenters. The summed E-state index contributed by atoms with van der Waals surface area (Å²) in [6.45, 7) is 2.06. The molecule has 2 aromatic carbocycles. The number of halogens is 2. The van der Waals surface area contributed by atoms with Gasteiger partial charge in [0.25, 0.3) is 5.91 Å². The predicted octanol–water partition coefficient (Wildman–Crippen LogP) is 4.17. The van der Waals surface area contributed by atoms with Crippen LogP contribution in [0.2, 0.25) is 5.02 Å². The molecule has 0 saturated heterocycles. The summed E-state index contributed by atoms with van der Waals surface area (Å²) < 4.78 is 11.8. The Morgan fingerprint density at radius 2 is 2.08 bits per heavy atom. The highest BCUT2D eigenvalue weighted by molar-refractivity contribution is 14.1. The summed E-state index contributed by atoms with van der Waals surface area (Å²) in [5.74, 6) is 0.543. The molecule has 0 saturated carbocycles. The number of rotatable bonds is 7. The quantitative estimate of drug-likeness (QED) is 0.498. The summed E-state index contributed by atoms with van der Waals surface area (Å²) in [6.07, 6.45) is 0.736. The molecule has 0 unspecified atom stereocenters. The van der Waals surface area contributed by atoms with Gasteiger partial charge in [0.05, 0.1) is 10.2 Å². The number of amides is 1. The summed E-state index contributed by atoms with van der Waals surface area (Å²) in [5, 5.41) is 3.23. The highest BCUT2D eigenvalue weighted by Gasteiger charge is 2.14. The molecule has 0 aliphatic rings. The zero-order valence-corrected chi connectivity index (χ0v) is 15.8. The van der Waals surface area contributed by atoms with Gasteiger partial charge in [0.15, 0.2) is 18.1 Å². The Bertz CT molecular complexity index is 751. The van der Waals surface area contributed by atoms with Gasteiger partial charge in [-0.05, 0) is 59.8 Å². The minimum Gasteiger partial charge on any atom is -0.490 e. The van der Waals surface area contributed by atoms with E-state index >= 15 is 0 Å². The lowest BCUT2D eigenvalue weighted by Crippen LogP contribution is -2.20. The topological polar surface area (TPSA) is 64.6 Å². The monoisotopic (exact) mass is 459 g/mol.